The van der Waals surface area contributed by atoms with Crippen LogP contribution in [0.3, 0.4) is 0 Å². The summed E-state index contributed by atoms with van der Waals surface area (Å²) in [6.45, 7) is 0.334. The third kappa shape index (κ3) is 3.61. The fourth-order valence-corrected chi connectivity index (χ4v) is 1.90. The van der Waals surface area contributed by atoms with E-state index in [2.05, 4.69) is 4.98 Å². The van der Waals surface area contributed by atoms with Gasteiger partial charge in [0.05, 0.1) is 6.07 Å². The number of nitrogens with zero attached hydrogens (tertiary/aromatic N) is 3. The van der Waals surface area contributed by atoms with Crippen molar-refractivity contribution < 1.29 is 8.42 Å². The van der Waals surface area contributed by atoms with Crippen molar-refractivity contribution in [1.29, 1.82) is 5.26 Å². The summed E-state index contributed by atoms with van der Waals surface area (Å²) >= 11 is 0. The summed E-state index contributed by atoms with van der Waals surface area (Å²) < 4.78 is 24.1. The van der Waals surface area contributed by atoms with E-state index in [4.69, 9.17) is 5.26 Å². The molecule has 0 aliphatic heterocycles. The minimum Gasteiger partial charge on any atom is -0.261 e. The maximum Gasteiger partial charge on any atom is 0.227 e. The van der Waals surface area contributed by atoms with Gasteiger partial charge in [0.2, 0.25) is 10.0 Å². The van der Waals surface area contributed by atoms with Gasteiger partial charge in [-0.1, -0.05) is 6.07 Å². The van der Waals surface area contributed by atoms with E-state index in [0.29, 0.717) is 13.0 Å². The lowest BCUT2D eigenvalue weighted by molar-refractivity contribution is 0.474. The summed E-state index contributed by atoms with van der Waals surface area (Å²) in [6, 6.07) is 7.14. The quantitative estimate of drug-likeness (QED) is 0.746. The summed E-state index contributed by atoms with van der Waals surface area (Å²) in [7, 11) is -1.97. The SMILES string of the molecule is CN(CCc1ccccn1)S(=O)(=O)CC#N. The van der Waals surface area contributed by atoms with Crippen LogP contribution < -0.4 is 0 Å². The summed E-state index contributed by atoms with van der Waals surface area (Å²) in [6.07, 6.45) is 2.21. The van der Waals surface area contributed by atoms with Crippen molar-refractivity contribution in [1.82, 2.24) is 9.29 Å². The van der Waals surface area contributed by atoms with Crippen molar-refractivity contribution in [3.63, 3.8) is 0 Å². The van der Waals surface area contributed by atoms with Crippen molar-refractivity contribution in [3.05, 3.63) is 30.1 Å². The van der Waals surface area contributed by atoms with E-state index < -0.39 is 15.8 Å². The number of rotatable bonds is 5. The van der Waals surface area contributed by atoms with Crippen molar-refractivity contribution in [2.24, 2.45) is 0 Å². The topological polar surface area (TPSA) is 74.1 Å². The average Bonchev–Trinajstić information content (AvgIpc) is 2.27. The fraction of sp³-hybridized carbons (Fsp3) is 0.400. The summed E-state index contributed by atoms with van der Waals surface area (Å²) in [4.78, 5) is 4.09. The Kier molecular flexibility index (Phi) is 4.40. The van der Waals surface area contributed by atoms with Gasteiger partial charge < -0.3 is 0 Å². The van der Waals surface area contributed by atoms with Crippen LogP contribution >= 0.6 is 0 Å². The Hall–Kier alpha value is -1.45. The summed E-state index contributed by atoms with van der Waals surface area (Å²) in [5.41, 5.74) is 0.835. The predicted octanol–water partition coefficient (Wildman–Crippen LogP) is 0.409. The molecule has 1 heterocycles. The molecule has 1 aromatic heterocycles. The summed E-state index contributed by atoms with van der Waals surface area (Å²) in [5, 5.41) is 8.37. The monoisotopic (exact) mass is 239 g/mol. The lowest BCUT2D eigenvalue weighted by atomic mass is 10.3. The van der Waals surface area contributed by atoms with Gasteiger partial charge in [-0.3, -0.25) is 4.98 Å². The standard InChI is InChI=1S/C10H13N3O2S/c1-13(16(14,15)9-6-11)8-5-10-4-2-3-7-12-10/h2-4,7H,5,8-9H2,1H3. The molecule has 6 heteroatoms. The number of hydrogen-bond acceptors (Lipinski definition) is 4. The number of hydrogen-bond donors (Lipinski definition) is 0. The van der Waals surface area contributed by atoms with Crippen molar-refractivity contribution >= 4 is 10.0 Å². The Labute approximate surface area is 95.4 Å². The van der Waals surface area contributed by atoms with Crippen LogP contribution in [0.1, 0.15) is 5.69 Å². The van der Waals surface area contributed by atoms with Gasteiger partial charge in [-0.15, -0.1) is 0 Å². The van der Waals surface area contributed by atoms with E-state index in [1.165, 1.54) is 11.4 Å². The molecule has 0 amide bonds. The highest BCUT2D eigenvalue weighted by atomic mass is 32.2. The second-order valence-electron chi connectivity index (χ2n) is 3.31. The molecular weight excluding hydrogens is 226 g/mol. The zero-order valence-electron chi connectivity index (χ0n) is 9.00. The highest BCUT2D eigenvalue weighted by molar-refractivity contribution is 7.89. The molecule has 0 N–H and O–H groups in total. The zero-order valence-corrected chi connectivity index (χ0v) is 9.81. The van der Waals surface area contributed by atoms with Gasteiger partial charge in [-0.25, -0.2) is 12.7 Å². The molecule has 0 aliphatic rings. The van der Waals surface area contributed by atoms with Crippen LogP contribution in [-0.2, 0) is 16.4 Å². The molecule has 5 nitrogen and oxygen atoms in total. The first-order valence-electron chi connectivity index (χ1n) is 4.77. The first-order valence-corrected chi connectivity index (χ1v) is 6.38. The molecule has 0 radical (unpaired) electrons. The zero-order chi connectivity index (χ0) is 12.0. The Morgan fingerprint density at radius 3 is 2.81 bits per heavy atom. The first-order chi connectivity index (χ1) is 7.56. The Morgan fingerprint density at radius 1 is 1.50 bits per heavy atom. The van der Waals surface area contributed by atoms with Gasteiger partial charge in [0.25, 0.3) is 0 Å². The van der Waals surface area contributed by atoms with E-state index in [1.807, 2.05) is 12.1 Å². The minimum absolute atomic E-state index is 0.334. The Morgan fingerprint density at radius 2 is 2.25 bits per heavy atom. The highest BCUT2D eigenvalue weighted by Crippen LogP contribution is 2.01. The van der Waals surface area contributed by atoms with Gasteiger partial charge in [-0.2, -0.15) is 5.26 Å². The van der Waals surface area contributed by atoms with Crippen molar-refractivity contribution in [3.8, 4) is 6.07 Å². The molecule has 0 spiro atoms. The van der Waals surface area contributed by atoms with Crippen LogP contribution in [-0.4, -0.2) is 37.1 Å². The molecule has 1 aromatic rings. The van der Waals surface area contributed by atoms with Crippen molar-refractivity contribution in [2.75, 3.05) is 19.3 Å². The molecule has 0 saturated carbocycles. The van der Waals surface area contributed by atoms with Crippen molar-refractivity contribution in [2.45, 2.75) is 6.42 Å². The molecule has 86 valence electrons. The van der Waals surface area contributed by atoms with E-state index >= 15 is 0 Å². The van der Waals surface area contributed by atoms with Crippen LogP contribution in [0.5, 0.6) is 0 Å². The van der Waals surface area contributed by atoms with Crippen LogP contribution in [0.25, 0.3) is 0 Å². The van der Waals surface area contributed by atoms with Crippen LogP contribution in [0.15, 0.2) is 24.4 Å². The van der Waals surface area contributed by atoms with E-state index in [9.17, 15) is 8.42 Å². The third-order valence-electron chi connectivity index (χ3n) is 2.13. The normalized spacial score (nSPS) is 11.3. The number of pyridine rings is 1. The lowest BCUT2D eigenvalue weighted by Gasteiger charge is -2.14. The molecular formula is C10H13N3O2S. The molecule has 0 aliphatic carbocycles. The Bertz CT molecular complexity index is 465. The van der Waals surface area contributed by atoms with Gasteiger partial charge in [0.1, 0.15) is 0 Å². The minimum atomic E-state index is -3.44. The lowest BCUT2D eigenvalue weighted by Crippen LogP contribution is -2.30. The number of aromatic nitrogens is 1. The van der Waals surface area contributed by atoms with Crippen LogP contribution in [0, 0.1) is 11.3 Å². The Balaban J connectivity index is 2.54. The van der Waals surface area contributed by atoms with Crippen LogP contribution in [0.4, 0.5) is 0 Å². The maximum atomic E-state index is 11.4. The molecule has 0 atom stereocenters. The number of likely N-dealkylation sites (N-methyl/N-ethyl adjacent to an activating group) is 1. The second kappa shape index (κ2) is 5.58. The molecule has 0 saturated heterocycles. The molecule has 0 aromatic carbocycles. The first kappa shape index (κ1) is 12.6. The molecule has 16 heavy (non-hydrogen) atoms. The van der Waals surface area contributed by atoms with Gasteiger partial charge in [0, 0.05) is 31.9 Å². The van der Waals surface area contributed by atoms with Gasteiger partial charge >= 0.3 is 0 Å². The smallest absolute Gasteiger partial charge is 0.227 e. The largest absolute Gasteiger partial charge is 0.261 e. The van der Waals surface area contributed by atoms with E-state index in [-0.39, 0.29) is 0 Å². The molecule has 0 bridgehead atoms. The second-order valence-corrected chi connectivity index (χ2v) is 5.38. The molecule has 0 unspecified atom stereocenters. The van der Waals surface area contributed by atoms with Gasteiger partial charge in [0.15, 0.2) is 5.75 Å². The highest BCUT2D eigenvalue weighted by Gasteiger charge is 2.16. The predicted molar refractivity (Wildman–Crippen MR) is 60.0 cm³/mol. The summed E-state index contributed by atoms with van der Waals surface area (Å²) in [5.74, 6) is -0.480. The fourth-order valence-electron chi connectivity index (χ4n) is 1.15. The van der Waals surface area contributed by atoms with Gasteiger partial charge in [-0.05, 0) is 12.1 Å². The number of nitriles is 1. The average molecular weight is 239 g/mol. The molecule has 0 fully saturated rings. The van der Waals surface area contributed by atoms with E-state index in [1.54, 1.807) is 18.3 Å². The molecule has 1 rings (SSSR count). The maximum absolute atomic E-state index is 11.4. The number of sulfonamides is 1. The van der Waals surface area contributed by atoms with E-state index in [0.717, 1.165) is 5.69 Å². The third-order valence-corrected chi connectivity index (χ3v) is 3.76. The van der Waals surface area contributed by atoms with Crippen LogP contribution in [0.2, 0.25) is 0 Å².